The molecule has 0 unspecified atom stereocenters. The number of hydroxylamine groups is 1. The second kappa shape index (κ2) is 14.5. The number of benzene rings is 3. The predicted molar refractivity (Wildman–Crippen MR) is 156 cm³/mol. The highest BCUT2D eigenvalue weighted by molar-refractivity contribution is 14.1. The van der Waals surface area contributed by atoms with Gasteiger partial charge in [-0.2, -0.15) is 0 Å². The molecule has 12 heteroatoms. The van der Waals surface area contributed by atoms with Gasteiger partial charge in [-0.15, -0.1) is 0 Å². The molecular weight excluding hydrogens is 654 g/mol. The van der Waals surface area contributed by atoms with E-state index in [0.717, 1.165) is 17.7 Å². The highest BCUT2D eigenvalue weighted by atomic mass is 127. The first-order valence-corrected chi connectivity index (χ1v) is 13.6. The van der Waals surface area contributed by atoms with E-state index in [-0.39, 0.29) is 31.1 Å². The molecule has 3 aromatic carbocycles. The van der Waals surface area contributed by atoms with E-state index in [1.165, 1.54) is 24.1 Å². The van der Waals surface area contributed by atoms with Crippen molar-refractivity contribution in [3.8, 4) is 0 Å². The van der Waals surface area contributed by atoms with Crippen molar-refractivity contribution >= 4 is 46.0 Å². The molecule has 0 aliphatic rings. The quantitative estimate of drug-likeness (QED) is 0.176. The Morgan fingerprint density at radius 2 is 1.68 bits per heavy atom. The van der Waals surface area contributed by atoms with E-state index < -0.39 is 46.8 Å². The van der Waals surface area contributed by atoms with Crippen molar-refractivity contribution in [1.29, 1.82) is 0 Å². The third-order valence-corrected chi connectivity index (χ3v) is 6.29. The van der Waals surface area contributed by atoms with Crippen molar-refractivity contribution in [2.45, 2.75) is 39.0 Å². The molecule has 0 aromatic heterocycles. The van der Waals surface area contributed by atoms with Gasteiger partial charge in [-0.3, -0.25) is 9.63 Å². The molecule has 3 aromatic rings. The molecule has 8 nitrogen and oxygen atoms in total. The molecule has 0 aliphatic carbocycles. The normalized spacial score (nSPS) is 12.0. The summed E-state index contributed by atoms with van der Waals surface area (Å²) in [5.41, 5.74) is 1.29. The third-order valence-electron chi connectivity index (χ3n) is 5.62. The molecule has 0 bridgehead atoms. The van der Waals surface area contributed by atoms with Crippen LogP contribution in [0.3, 0.4) is 0 Å². The predicted octanol–water partition coefficient (Wildman–Crippen LogP) is 6.57. The lowest BCUT2D eigenvalue weighted by Crippen LogP contribution is -2.46. The first kappa shape index (κ1) is 32.2. The van der Waals surface area contributed by atoms with Gasteiger partial charge in [0, 0.05) is 10.6 Å². The zero-order chi connectivity index (χ0) is 30.2. The van der Waals surface area contributed by atoms with Gasteiger partial charge in [-0.25, -0.2) is 23.4 Å². The van der Waals surface area contributed by atoms with Gasteiger partial charge in [0.15, 0.2) is 11.6 Å². The smallest absolute Gasteiger partial charge is 0.410 e. The van der Waals surface area contributed by atoms with Crippen LogP contribution in [-0.2, 0) is 20.9 Å². The van der Waals surface area contributed by atoms with Crippen LogP contribution in [0.25, 0.3) is 0 Å². The van der Waals surface area contributed by atoms with E-state index in [9.17, 15) is 22.8 Å². The number of amides is 2. The number of likely N-dealkylation sites (N-methyl/N-ethyl adjacent to an activating group) is 1. The maximum atomic E-state index is 14.7. The summed E-state index contributed by atoms with van der Waals surface area (Å²) < 4.78 is 54.9. The third kappa shape index (κ3) is 9.61. The zero-order valence-electron chi connectivity index (χ0n) is 23.0. The largest absolute Gasteiger partial charge is 0.444 e. The second-order valence-electron chi connectivity index (χ2n) is 10.0. The molecule has 0 heterocycles. The van der Waals surface area contributed by atoms with Gasteiger partial charge in [0.1, 0.15) is 11.4 Å². The second-order valence-corrected chi connectivity index (χ2v) is 11.3. The van der Waals surface area contributed by atoms with Crippen molar-refractivity contribution in [2.75, 3.05) is 25.6 Å². The van der Waals surface area contributed by atoms with Crippen LogP contribution in [0.2, 0.25) is 0 Å². The van der Waals surface area contributed by atoms with Crippen molar-refractivity contribution in [3.05, 3.63) is 92.8 Å². The maximum absolute atomic E-state index is 14.7. The first-order valence-electron chi connectivity index (χ1n) is 12.6. The van der Waals surface area contributed by atoms with Crippen LogP contribution < -0.4 is 10.8 Å². The zero-order valence-corrected chi connectivity index (χ0v) is 25.1. The van der Waals surface area contributed by atoms with E-state index in [4.69, 9.17) is 14.3 Å². The Kier molecular flexibility index (Phi) is 11.4. The molecule has 3 rings (SSSR count). The number of carbonyl (C=O) groups excluding carboxylic acids is 2. The highest BCUT2D eigenvalue weighted by Crippen LogP contribution is 2.28. The molecule has 0 fully saturated rings. The van der Waals surface area contributed by atoms with E-state index in [0.29, 0.717) is 3.57 Å². The Morgan fingerprint density at radius 1 is 0.976 bits per heavy atom. The van der Waals surface area contributed by atoms with Gasteiger partial charge in [0.2, 0.25) is 0 Å². The molecule has 0 spiro atoms. The van der Waals surface area contributed by atoms with E-state index in [1.807, 2.05) is 52.9 Å². The van der Waals surface area contributed by atoms with Crippen molar-refractivity contribution in [1.82, 2.24) is 10.4 Å². The number of halogens is 4. The number of hydrogen-bond acceptors (Lipinski definition) is 6. The maximum Gasteiger partial charge on any atom is 0.410 e. The molecule has 1 atom stereocenters. The number of nitrogens with one attached hydrogen (secondary N) is 2. The van der Waals surface area contributed by atoms with Crippen molar-refractivity contribution in [2.24, 2.45) is 0 Å². The Bertz CT molecular complexity index is 1360. The van der Waals surface area contributed by atoms with Crippen molar-refractivity contribution in [3.63, 3.8) is 0 Å². The van der Waals surface area contributed by atoms with Gasteiger partial charge in [0.25, 0.3) is 5.91 Å². The van der Waals surface area contributed by atoms with Crippen LogP contribution in [0.1, 0.15) is 36.7 Å². The molecule has 0 saturated heterocycles. The highest BCUT2D eigenvalue weighted by Gasteiger charge is 2.27. The monoisotopic (exact) mass is 685 g/mol. The van der Waals surface area contributed by atoms with Crippen LogP contribution in [-0.4, -0.2) is 48.8 Å². The Balaban J connectivity index is 1.71. The molecular formula is C29H31F3IN3O5. The van der Waals surface area contributed by atoms with Crippen molar-refractivity contribution < 1.29 is 37.1 Å². The van der Waals surface area contributed by atoms with E-state index >= 15 is 0 Å². The number of nitrogens with zero attached hydrogens (tertiary/aromatic N) is 1. The molecule has 0 radical (unpaired) electrons. The summed E-state index contributed by atoms with van der Waals surface area (Å²) in [7, 11) is 1.50. The fourth-order valence-electron chi connectivity index (χ4n) is 3.49. The molecule has 2 N–H and O–H groups in total. The minimum absolute atomic E-state index is 0.0323. The molecule has 0 aliphatic heterocycles. The Hall–Kier alpha value is -3.36. The summed E-state index contributed by atoms with van der Waals surface area (Å²) >= 11 is 1.90. The molecule has 0 saturated carbocycles. The lowest BCUT2D eigenvalue weighted by Gasteiger charge is -2.30. The Labute approximate surface area is 250 Å². The van der Waals surface area contributed by atoms with Gasteiger partial charge < -0.3 is 19.7 Å². The van der Waals surface area contributed by atoms with Crippen LogP contribution in [0.5, 0.6) is 0 Å². The number of ether oxygens (including phenoxy) is 2. The minimum atomic E-state index is -1.37. The SMILES string of the molecule is CN(C(=O)OC(C)(C)C)[C@@H](COCc1ccccc1)CONC(=O)c1ccc(F)c(F)c1Nc1ccc(I)cc1F. The average Bonchev–Trinajstić information content (AvgIpc) is 2.91. The fourth-order valence-corrected chi connectivity index (χ4v) is 3.94. The summed E-state index contributed by atoms with van der Waals surface area (Å²) in [4.78, 5) is 32.3. The number of anilines is 2. The summed E-state index contributed by atoms with van der Waals surface area (Å²) in [5.74, 6) is -4.24. The van der Waals surface area contributed by atoms with Crippen LogP contribution >= 0.6 is 22.6 Å². The Morgan fingerprint density at radius 3 is 2.34 bits per heavy atom. The van der Waals surface area contributed by atoms with Crippen LogP contribution in [0.4, 0.5) is 29.3 Å². The number of rotatable bonds is 11. The lowest BCUT2D eigenvalue weighted by atomic mass is 10.1. The van der Waals surface area contributed by atoms with E-state index in [2.05, 4.69) is 10.8 Å². The van der Waals surface area contributed by atoms with Gasteiger partial charge in [-0.1, -0.05) is 30.3 Å². The molecule has 220 valence electrons. The lowest BCUT2D eigenvalue weighted by molar-refractivity contribution is -0.0332. The summed E-state index contributed by atoms with van der Waals surface area (Å²) in [6.07, 6.45) is -0.632. The number of carbonyl (C=O) groups is 2. The van der Waals surface area contributed by atoms with Crippen LogP contribution in [0, 0.1) is 21.0 Å². The summed E-state index contributed by atoms with van der Waals surface area (Å²) in [6.45, 7) is 5.26. The van der Waals surface area contributed by atoms with Gasteiger partial charge in [0.05, 0.1) is 42.8 Å². The van der Waals surface area contributed by atoms with Gasteiger partial charge >= 0.3 is 6.09 Å². The fraction of sp³-hybridized carbons (Fsp3) is 0.310. The van der Waals surface area contributed by atoms with E-state index in [1.54, 1.807) is 26.8 Å². The number of hydrogen-bond donors (Lipinski definition) is 2. The molecule has 41 heavy (non-hydrogen) atoms. The topological polar surface area (TPSA) is 89.1 Å². The minimum Gasteiger partial charge on any atom is -0.444 e. The first-order chi connectivity index (χ1) is 19.4. The average molecular weight is 685 g/mol. The summed E-state index contributed by atoms with van der Waals surface area (Å²) in [6, 6.07) is 14.6. The summed E-state index contributed by atoms with van der Waals surface area (Å²) in [5, 5.41) is 2.46. The molecule has 2 amide bonds. The van der Waals surface area contributed by atoms with Gasteiger partial charge in [-0.05, 0) is 79.3 Å². The van der Waals surface area contributed by atoms with Crippen LogP contribution in [0.15, 0.2) is 60.7 Å². The standard InChI is InChI=1S/C29H31F3IN3O5/c1-29(2,3)41-28(38)36(4)20(16-39-15-18-8-6-5-7-9-18)17-40-35-27(37)21-11-12-22(30)25(32)26(21)34-24-13-10-19(33)14-23(24)31/h5-14,20,34H,15-17H2,1-4H3,(H,35,37)/t20-/m0/s1.